The van der Waals surface area contributed by atoms with E-state index in [4.69, 9.17) is 0 Å². The molecule has 0 radical (unpaired) electrons. The summed E-state index contributed by atoms with van der Waals surface area (Å²) in [7, 11) is -3.68. The zero-order valence-electron chi connectivity index (χ0n) is 19.5. The second-order valence-electron chi connectivity index (χ2n) is 8.72. The predicted octanol–water partition coefficient (Wildman–Crippen LogP) is 4.44. The van der Waals surface area contributed by atoms with Crippen molar-refractivity contribution in [3.05, 3.63) is 72.4 Å². The molecule has 5 rings (SSSR count). The van der Waals surface area contributed by atoms with Gasteiger partial charge in [0.25, 0.3) is 10.0 Å². The van der Waals surface area contributed by atoms with Crippen LogP contribution >= 0.6 is 11.3 Å². The molecule has 2 atom stereocenters. The van der Waals surface area contributed by atoms with Crippen molar-refractivity contribution < 1.29 is 14.6 Å². The first kappa shape index (κ1) is 23.4. The summed E-state index contributed by atoms with van der Waals surface area (Å²) in [5.41, 5.74) is 1.99. The Morgan fingerprint density at radius 2 is 1.91 bits per heavy atom. The first-order valence-electron chi connectivity index (χ1n) is 11.5. The highest BCUT2D eigenvalue weighted by atomic mass is 32.2. The van der Waals surface area contributed by atoms with E-state index in [0.29, 0.717) is 24.8 Å². The summed E-state index contributed by atoms with van der Waals surface area (Å²) >= 11 is 1.23. The Hall–Kier alpha value is -3.37. The first-order valence-corrected chi connectivity index (χ1v) is 13.8. The van der Waals surface area contributed by atoms with Crippen molar-refractivity contribution in [2.45, 2.75) is 30.8 Å². The monoisotopic (exact) mass is 511 g/mol. The lowest BCUT2D eigenvalue weighted by molar-refractivity contribution is -0.136. The number of piperazine rings is 1. The summed E-state index contributed by atoms with van der Waals surface area (Å²) in [4.78, 5) is 21.7. The van der Waals surface area contributed by atoms with E-state index in [1.54, 1.807) is 23.7 Å². The standard InChI is InChI=1S/C25H27N5O3S2.H2/c1-18-17-28(21-7-9-22(10-8-21)35(32,33)27-25-26-12-16-34-25)14-15-29(18)24(31)19(2)30-13-11-20-5-3-4-6-23(20)30;/h3-13,16,18-19H,14-15,17H2,1-2H3,(H,26,27);1H/t18-,19?;/m0./s1. The summed E-state index contributed by atoms with van der Waals surface area (Å²) in [5.74, 6) is 0.105. The van der Waals surface area contributed by atoms with Crippen LogP contribution < -0.4 is 9.62 Å². The molecule has 1 aliphatic rings. The van der Waals surface area contributed by atoms with Crippen molar-refractivity contribution in [3.8, 4) is 0 Å². The fourth-order valence-electron chi connectivity index (χ4n) is 4.60. The zero-order valence-corrected chi connectivity index (χ0v) is 21.2. The molecule has 0 saturated carbocycles. The number of amides is 1. The van der Waals surface area contributed by atoms with Gasteiger partial charge in [0.2, 0.25) is 5.91 Å². The Bertz CT molecular complexity index is 1440. The van der Waals surface area contributed by atoms with Crippen LogP contribution in [0.5, 0.6) is 0 Å². The van der Waals surface area contributed by atoms with Gasteiger partial charge in [-0.25, -0.2) is 13.4 Å². The third kappa shape index (κ3) is 4.63. The average Bonchev–Trinajstić information content (AvgIpc) is 3.53. The number of carbonyl (C=O) groups excluding carboxylic acids is 1. The fourth-order valence-corrected chi connectivity index (χ4v) is 6.39. The molecule has 3 heterocycles. The van der Waals surface area contributed by atoms with E-state index >= 15 is 0 Å². The van der Waals surface area contributed by atoms with Crippen LogP contribution in [0.4, 0.5) is 10.8 Å². The molecule has 0 bridgehead atoms. The average molecular weight is 512 g/mol. The molecule has 10 heteroatoms. The number of para-hydroxylation sites is 1. The van der Waals surface area contributed by atoms with Crippen LogP contribution in [0.15, 0.2) is 77.3 Å². The molecule has 4 aromatic rings. The van der Waals surface area contributed by atoms with Gasteiger partial charge < -0.3 is 14.4 Å². The quantitative estimate of drug-likeness (QED) is 0.413. The highest BCUT2D eigenvalue weighted by Crippen LogP contribution is 2.26. The molecular weight excluding hydrogens is 482 g/mol. The van der Waals surface area contributed by atoms with E-state index < -0.39 is 10.0 Å². The second-order valence-corrected chi connectivity index (χ2v) is 11.3. The van der Waals surface area contributed by atoms with E-state index in [0.717, 1.165) is 16.6 Å². The number of benzene rings is 2. The molecular formula is C25H29N5O3S2. The van der Waals surface area contributed by atoms with Crippen molar-refractivity contribution in [1.82, 2.24) is 14.5 Å². The van der Waals surface area contributed by atoms with Gasteiger partial charge in [-0.05, 0) is 55.6 Å². The third-order valence-electron chi connectivity index (χ3n) is 6.48. The predicted molar refractivity (Wildman–Crippen MR) is 142 cm³/mol. The number of rotatable bonds is 6. The van der Waals surface area contributed by atoms with E-state index in [9.17, 15) is 13.2 Å². The van der Waals surface area contributed by atoms with Gasteiger partial charge in [0.05, 0.1) is 4.90 Å². The zero-order chi connectivity index (χ0) is 24.6. The molecule has 2 aromatic carbocycles. The van der Waals surface area contributed by atoms with Gasteiger partial charge in [-0.3, -0.25) is 9.52 Å². The Balaban J connectivity index is 0.00000304. The first-order chi connectivity index (χ1) is 16.8. The number of sulfonamides is 1. The number of hydrogen-bond acceptors (Lipinski definition) is 6. The number of fused-ring (bicyclic) bond motifs is 1. The van der Waals surface area contributed by atoms with E-state index in [2.05, 4.69) is 27.6 Å². The van der Waals surface area contributed by atoms with Gasteiger partial charge in [-0.2, -0.15) is 0 Å². The van der Waals surface area contributed by atoms with Crippen LogP contribution in [0.25, 0.3) is 10.9 Å². The van der Waals surface area contributed by atoms with Crippen molar-refractivity contribution in [2.24, 2.45) is 0 Å². The highest BCUT2D eigenvalue weighted by Gasteiger charge is 2.31. The topological polar surface area (TPSA) is 87.5 Å². The molecule has 8 nitrogen and oxygen atoms in total. The van der Waals surface area contributed by atoms with Crippen LogP contribution in [0, 0.1) is 0 Å². The van der Waals surface area contributed by atoms with Crippen LogP contribution in [0.3, 0.4) is 0 Å². The number of aromatic nitrogens is 2. The molecule has 0 spiro atoms. The van der Waals surface area contributed by atoms with Gasteiger partial charge >= 0.3 is 0 Å². The van der Waals surface area contributed by atoms with Crippen molar-refractivity contribution >= 4 is 49.0 Å². The second kappa shape index (κ2) is 9.35. The molecule has 184 valence electrons. The van der Waals surface area contributed by atoms with Gasteiger partial charge in [0, 0.05) is 56.1 Å². The summed E-state index contributed by atoms with van der Waals surface area (Å²) in [6.45, 7) is 5.97. The molecule has 1 amide bonds. The number of thiazole rings is 1. The van der Waals surface area contributed by atoms with E-state index in [-0.39, 0.29) is 24.3 Å². The Kier molecular flexibility index (Phi) is 6.24. The molecule has 1 fully saturated rings. The van der Waals surface area contributed by atoms with Crippen LogP contribution in [-0.2, 0) is 14.8 Å². The molecule has 1 unspecified atom stereocenters. The maximum atomic E-state index is 13.4. The van der Waals surface area contributed by atoms with Gasteiger partial charge in [0.1, 0.15) is 6.04 Å². The minimum Gasteiger partial charge on any atom is -0.368 e. The lowest BCUT2D eigenvalue weighted by Crippen LogP contribution is -2.55. The molecule has 1 saturated heterocycles. The lowest BCUT2D eigenvalue weighted by atomic mass is 10.1. The lowest BCUT2D eigenvalue weighted by Gasteiger charge is -2.42. The summed E-state index contributed by atoms with van der Waals surface area (Å²) in [6.07, 6.45) is 3.53. The van der Waals surface area contributed by atoms with Crippen molar-refractivity contribution in [3.63, 3.8) is 0 Å². The number of anilines is 2. The smallest absolute Gasteiger partial charge is 0.263 e. The van der Waals surface area contributed by atoms with Gasteiger partial charge in [-0.1, -0.05) is 18.2 Å². The SMILES string of the molecule is CC(C(=O)N1CCN(c2ccc(S(=O)(=O)Nc3nccs3)cc2)C[C@@H]1C)n1ccc2ccccc21.[HH]. The number of hydrogen-bond donors (Lipinski definition) is 1. The Morgan fingerprint density at radius 1 is 1.14 bits per heavy atom. The Labute approximate surface area is 210 Å². The Morgan fingerprint density at radius 3 is 2.63 bits per heavy atom. The van der Waals surface area contributed by atoms with Crippen LogP contribution in [0.1, 0.15) is 21.3 Å². The normalized spacial score (nSPS) is 17.5. The number of carbonyl (C=O) groups is 1. The summed E-state index contributed by atoms with van der Waals surface area (Å²) < 4.78 is 29.7. The minimum absolute atomic E-state index is 0. The number of nitrogens with zero attached hydrogens (tertiary/aromatic N) is 4. The molecule has 35 heavy (non-hydrogen) atoms. The fraction of sp³-hybridized carbons (Fsp3) is 0.280. The summed E-state index contributed by atoms with van der Waals surface area (Å²) in [5, 5.41) is 3.18. The minimum atomic E-state index is -3.68. The van der Waals surface area contributed by atoms with Gasteiger partial charge in [0.15, 0.2) is 5.13 Å². The van der Waals surface area contributed by atoms with Crippen LogP contribution in [-0.4, -0.2) is 54.5 Å². The van der Waals surface area contributed by atoms with Crippen LogP contribution in [0.2, 0.25) is 0 Å². The number of nitrogens with one attached hydrogen (secondary N) is 1. The van der Waals surface area contributed by atoms with Crippen molar-refractivity contribution in [1.29, 1.82) is 0 Å². The molecule has 2 aromatic heterocycles. The van der Waals surface area contributed by atoms with E-state index in [1.807, 2.05) is 59.0 Å². The third-order valence-corrected chi connectivity index (χ3v) is 8.65. The maximum Gasteiger partial charge on any atom is 0.263 e. The molecule has 0 aliphatic carbocycles. The molecule has 1 N–H and O–H groups in total. The molecule has 1 aliphatic heterocycles. The maximum absolute atomic E-state index is 13.4. The summed E-state index contributed by atoms with van der Waals surface area (Å²) in [6, 6.07) is 16.7. The van der Waals surface area contributed by atoms with Gasteiger partial charge in [-0.15, -0.1) is 11.3 Å². The van der Waals surface area contributed by atoms with E-state index in [1.165, 1.54) is 11.3 Å². The highest BCUT2D eigenvalue weighted by molar-refractivity contribution is 7.93. The van der Waals surface area contributed by atoms with Crippen molar-refractivity contribution in [2.75, 3.05) is 29.3 Å². The largest absolute Gasteiger partial charge is 0.368 e.